The Morgan fingerprint density at radius 3 is 2.09 bits per heavy atom. The molecular formula is C39H49N5O2. The smallest absolute Gasteiger partial charge is 0.323 e. The lowest BCUT2D eigenvalue weighted by Gasteiger charge is -2.27. The van der Waals surface area contributed by atoms with Crippen molar-refractivity contribution in [2.75, 3.05) is 29.1 Å². The van der Waals surface area contributed by atoms with Gasteiger partial charge >= 0.3 is 6.03 Å². The predicted molar refractivity (Wildman–Crippen MR) is 192 cm³/mol. The van der Waals surface area contributed by atoms with Crippen LogP contribution in [-0.4, -0.2) is 30.4 Å². The fourth-order valence-electron chi connectivity index (χ4n) is 5.41. The van der Waals surface area contributed by atoms with Gasteiger partial charge in [0.1, 0.15) is 0 Å². The zero-order chi connectivity index (χ0) is 33.1. The standard InChI is InChI=1S/C39H49N5O2/c1-6-7-21-43(5)36-20-19-33(24-35(36)42-38(46)41-34-17-9-8-10-18-34)32-16-12-15-31(23-32)28-44(37(45)25-39(2,3)4)27-30-14-11-13-29(22-30)26-40/h8-20,22-24H,6-7,21,25-28,40H2,1-5H3,(H2,41,42,46). The van der Waals surface area contributed by atoms with Gasteiger partial charge in [-0.25, -0.2) is 4.79 Å². The van der Waals surface area contributed by atoms with Crippen molar-refractivity contribution in [3.05, 3.63) is 114 Å². The number of nitrogens with two attached hydrogens (primary N) is 1. The summed E-state index contributed by atoms with van der Waals surface area (Å²) in [6, 6.07) is 31.8. The Balaban J connectivity index is 1.62. The lowest BCUT2D eigenvalue weighted by molar-refractivity contribution is -0.134. The van der Waals surface area contributed by atoms with E-state index >= 15 is 0 Å². The summed E-state index contributed by atoms with van der Waals surface area (Å²) in [5, 5.41) is 6.02. The topological polar surface area (TPSA) is 90.7 Å². The van der Waals surface area contributed by atoms with Gasteiger partial charge in [0.2, 0.25) is 5.91 Å². The highest BCUT2D eigenvalue weighted by Gasteiger charge is 2.22. The quantitative estimate of drug-likeness (QED) is 0.140. The number of anilines is 3. The lowest BCUT2D eigenvalue weighted by Crippen LogP contribution is -2.32. The fraction of sp³-hybridized carbons (Fsp3) is 0.333. The Morgan fingerprint density at radius 2 is 1.41 bits per heavy atom. The molecule has 0 saturated carbocycles. The molecule has 7 nitrogen and oxygen atoms in total. The molecule has 4 aromatic rings. The molecule has 4 aromatic carbocycles. The van der Waals surface area contributed by atoms with E-state index in [1.54, 1.807) is 0 Å². The van der Waals surface area contributed by atoms with E-state index < -0.39 is 0 Å². The Labute approximate surface area is 274 Å². The molecule has 0 heterocycles. The zero-order valence-corrected chi connectivity index (χ0v) is 28.0. The van der Waals surface area contributed by atoms with E-state index in [9.17, 15) is 9.59 Å². The minimum Gasteiger partial charge on any atom is -0.373 e. The summed E-state index contributed by atoms with van der Waals surface area (Å²) in [6.45, 7) is 10.8. The van der Waals surface area contributed by atoms with Crippen LogP contribution >= 0.6 is 0 Å². The molecule has 3 amide bonds. The monoisotopic (exact) mass is 619 g/mol. The van der Waals surface area contributed by atoms with Gasteiger partial charge in [-0.3, -0.25) is 4.79 Å². The van der Waals surface area contributed by atoms with E-state index in [4.69, 9.17) is 5.73 Å². The Kier molecular flexibility index (Phi) is 12.0. The zero-order valence-electron chi connectivity index (χ0n) is 28.0. The minimum absolute atomic E-state index is 0.117. The van der Waals surface area contributed by atoms with Crippen LogP contribution in [0.5, 0.6) is 0 Å². The molecule has 0 saturated heterocycles. The fourth-order valence-corrected chi connectivity index (χ4v) is 5.41. The summed E-state index contributed by atoms with van der Waals surface area (Å²) in [5.74, 6) is 0.117. The van der Waals surface area contributed by atoms with Crippen LogP contribution in [0.3, 0.4) is 0 Å². The molecule has 0 spiro atoms. The number of hydrogen-bond donors (Lipinski definition) is 3. The maximum atomic E-state index is 13.6. The van der Waals surface area contributed by atoms with E-state index in [-0.39, 0.29) is 17.4 Å². The van der Waals surface area contributed by atoms with Crippen LogP contribution in [0.4, 0.5) is 21.9 Å². The van der Waals surface area contributed by atoms with E-state index in [0.717, 1.165) is 64.3 Å². The highest BCUT2D eigenvalue weighted by atomic mass is 16.2. The Hall–Kier alpha value is -4.62. The molecular weight excluding hydrogens is 570 g/mol. The number of amides is 3. The summed E-state index contributed by atoms with van der Waals surface area (Å²) in [6.07, 6.45) is 2.59. The van der Waals surface area contributed by atoms with Gasteiger partial charge in [-0.1, -0.05) is 101 Å². The van der Waals surface area contributed by atoms with E-state index in [0.29, 0.717) is 26.1 Å². The first-order chi connectivity index (χ1) is 22.0. The van der Waals surface area contributed by atoms with Crippen LogP contribution in [0, 0.1) is 5.41 Å². The number of para-hydroxylation sites is 1. The first kappa shape index (κ1) is 34.3. The molecule has 4 N–H and O–H groups in total. The van der Waals surface area contributed by atoms with Gasteiger partial charge in [0.25, 0.3) is 0 Å². The molecule has 7 heteroatoms. The number of nitrogens with zero attached hydrogens (tertiary/aromatic N) is 2. The average Bonchev–Trinajstić information content (AvgIpc) is 3.03. The molecule has 0 bridgehead atoms. The number of benzene rings is 4. The maximum absolute atomic E-state index is 13.6. The molecule has 0 aliphatic rings. The highest BCUT2D eigenvalue weighted by Crippen LogP contribution is 2.32. The molecule has 4 rings (SSSR count). The summed E-state index contributed by atoms with van der Waals surface area (Å²) < 4.78 is 0. The van der Waals surface area contributed by atoms with E-state index in [1.807, 2.05) is 59.5 Å². The van der Waals surface area contributed by atoms with Gasteiger partial charge in [-0.15, -0.1) is 0 Å². The SMILES string of the molecule is CCCCN(C)c1ccc(-c2cccc(CN(Cc3cccc(CN)c3)C(=O)CC(C)(C)C)c2)cc1NC(=O)Nc1ccccc1. The molecule has 0 aromatic heterocycles. The van der Waals surface area contributed by atoms with Gasteiger partial charge in [0, 0.05) is 45.3 Å². The first-order valence-electron chi connectivity index (χ1n) is 16.2. The summed E-state index contributed by atoms with van der Waals surface area (Å²) in [7, 11) is 2.05. The highest BCUT2D eigenvalue weighted by molar-refractivity contribution is 6.02. The van der Waals surface area contributed by atoms with Gasteiger partial charge in [0.05, 0.1) is 11.4 Å². The number of hydrogen-bond acceptors (Lipinski definition) is 4. The van der Waals surface area contributed by atoms with Crippen molar-refractivity contribution in [3.8, 4) is 11.1 Å². The van der Waals surface area contributed by atoms with Crippen molar-refractivity contribution < 1.29 is 9.59 Å². The van der Waals surface area contributed by atoms with Gasteiger partial charge in [-0.05, 0) is 70.0 Å². The second-order valence-corrected chi connectivity index (χ2v) is 13.2. The number of rotatable bonds is 13. The van der Waals surface area contributed by atoms with Gasteiger partial charge < -0.3 is 26.2 Å². The van der Waals surface area contributed by atoms with Crippen LogP contribution in [0.1, 0.15) is 63.6 Å². The van der Waals surface area contributed by atoms with Crippen molar-refractivity contribution in [2.45, 2.75) is 66.6 Å². The predicted octanol–water partition coefficient (Wildman–Crippen LogP) is 8.66. The maximum Gasteiger partial charge on any atom is 0.323 e. The largest absolute Gasteiger partial charge is 0.373 e. The molecule has 0 aliphatic heterocycles. The Morgan fingerprint density at radius 1 is 0.761 bits per heavy atom. The molecule has 0 fully saturated rings. The average molecular weight is 620 g/mol. The van der Waals surface area contributed by atoms with Gasteiger partial charge in [0.15, 0.2) is 0 Å². The molecule has 0 unspecified atom stereocenters. The minimum atomic E-state index is -0.297. The first-order valence-corrected chi connectivity index (χ1v) is 16.2. The van der Waals surface area contributed by atoms with E-state index in [2.05, 4.69) is 92.7 Å². The summed E-state index contributed by atoms with van der Waals surface area (Å²) >= 11 is 0. The second kappa shape index (κ2) is 16.1. The number of nitrogens with one attached hydrogen (secondary N) is 2. The van der Waals surface area contributed by atoms with Gasteiger partial charge in [-0.2, -0.15) is 0 Å². The summed E-state index contributed by atoms with van der Waals surface area (Å²) in [4.78, 5) is 30.8. The number of urea groups is 1. The molecule has 242 valence electrons. The van der Waals surface area contributed by atoms with Crippen LogP contribution in [-0.2, 0) is 24.4 Å². The van der Waals surface area contributed by atoms with Crippen LogP contribution in [0.15, 0.2) is 97.1 Å². The van der Waals surface area contributed by atoms with Crippen LogP contribution < -0.4 is 21.3 Å². The number of carbonyl (C=O) groups is 2. The lowest BCUT2D eigenvalue weighted by atomic mass is 9.91. The second-order valence-electron chi connectivity index (χ2n) is 13.2. The van der Waals surface area contributed by atoms with Crippen molar-refractivity contribution in [2.24, 2.45) is 11.1 Å². The summed E-state index contributed by atoms with van der Waals surface area (Å²) in [5.41, 5.74) is 13.3. The Bertz CT molecular complexity index is 1600. The third-order valence-electron chi connectivity index (χ3n) is 7.80. The molecule has 0 atom stereocenters. The van der Waals surface area contributed by atoms with Crippen molar-refractivity contribution >= 4 is 29.0 Å². The molecule has 46 heavy (non-hydrogen) atoms. The third kappa shape index (κ3) is 10.2. The number of carbonyl (C=O) groups excluding carboxylic acids is 2. The third-order valence-corrected chi connectivity index (χ3v) is 7.80. The normalized spacial score (nSPS) is 11.2. The van der Waals surface area contributed by atoms with Crippen LogP contribution in [0.25, 0.3) is 11.1 Å². The number of unbranched alkanes of at least 4 members (excludes halogenated alkanes) is 1. The van der Waals surface area contributed by atoms with Crippen molar-refractivity contribution in [1.29, 1.82) is 0 Å². The van der Waals surface area contributed by atoms with Crippen molar-refractivity contribution in [3.63, 3.8) is 0 Å². The van der Waals surface area contributed by atoms with Crippen LogP contribution in [0.2, 0.25) is 0 Å². The molecule has 0 radical (unpaired) electrons. The van der Waals surface area contributed by atoms with Crippen molar-refractivity contribution in [1.82, 2.24) is 4.90 Å². The molecule has 0 aliphatic carbocycles. The van der Waals surface area contributed by atoms with E-state index in [1.165, 1.54) is 0 Å².